The molecule has 1 amide bonds. The van der Waals surface area contributed by atoms with Crippen molar-refractivity contribution in [3.05, 3.63) is 0 Å². The first kappa shape index (κ1) is 12.0. The first-order valence-electron chi connectivity index (χ1n) is 5.19. The number of aliphatic hydroxyl groups excluding tert-OH is 1. The lowest BCUT2D eigenvalue weighted by Gasteiger charge is -2.21. The summed E-state index contributed by atoms with van der Waals surface area (Å²) < 4.78 is 0. The van der Waals surface area contributed by atoms with E-state index in [2.05, 4.69) is 15.9 Å². The third kappa shape index (κ3) is 3.24. The molecular weight excluding hydrogens is 246 g/mol. The van der Waals surface area contributed by atoms with Gasteiger partial charge in [-0.1, -0.05) is 15.9 Å². The summed E-state index contributed by atoms with van der Waals surface area (Å²) in [6, 6.07) is 0. The summed E-state index contributed by atoms with van der Waals surface area (Å²) in [6.07, 6.45) is 2.98. The average Bonchev–Trinajstić information content (AvgIpc) is 2.41. The van der Waals surface area contributed by atoms with Gasteiger partial charge < -0.3 is 10.0 Å². The molecule has 14 heavy (non-hydrogen) atoms. The lowest BCUT2D eigenvalue weighted by Crippen LogP contribution is -2.36. The highest BCUT2D eigenvalue weighted by Crippen LogP contribution is 2.18. The minimum Gasteiger partial charge on any atom is -0.396 e. The molecule has 1 fully saturated rings. The average molecular weight is 264 g/mol. The number of hydrogen-bond donors (Lipinski definition) is 1. The predicted molar refractivity (Wildman–Crippen MR) is 59.4 cm³/mol. The highest BCUT2D eigenvalue weighted by Gasteiger charge is 2.22. The number of likely N-dealkylation sites (tertiary alicyclic amines) is 1. The smallest absolute Gasteiger partial charge is 0.236 e. The van der Waals surface area contributed by atoms with Gasteiger partial charge in [0.1, 0.15) is 0 Å². The molecule has 0 aromatic carbocycles. The number of amides is 1. The molecule has 3 nitrogen and oxygen atoms in total. The number of rotatable bonds is 2. The zero-order valence-electron chi connectivity index (χ0n) is 8.58. The molecule has 1 rings (SSSR count). The Kier molecular flexibility index (Phi) is 4.89. The van der Waals surface area contributed by atoms with Crippen LogP contribution >= 0.6 is 15.9 Å². The topological polar surface area (TPSA) is 40.5 Å². The van der Waals surface area contributed by atoms with E-state index in [0.29, 0.717) is 5.92 Å². The van der Waals surface area contributed by atoms with E-state index < -0.39 is 0 Å². The van der Waals surface area contributed by atoms with Gasteiger partial charge in [-0.2, -0.15) is 0 Å². The van der Waals surface area contributed by atoms with Crippen LogP contribution in [-0.2, 0) is 4.79 Å². The first-order valence-corrected chi connectivity index (χ1v) is 6.10. The van der Waals surface area contributed by atoms with Crippen molar-refractivity contribution < 1.29 is 9.90 Å². The summed E-state index contributed by atoms with van der Waals surface area (Å²) in [5, 5.41) is 9.04. The van der Waals surface area contributed by atoms with Gasteiger partial charge in [0, 0.05) is 19.7 Å². The van der Waals surface area contributed by atoms with Crippen LogP contribution < -0.4 is 0 Å². The number of halogens is 1. The number of aliphatic hydroxyl groups is 1. The van der Waals surface area contributed by atoms with Crippen LogP contribution in [-0.4, -0.2) is 40.4 Å². The molecular formula is C10H18BrNO2. The first-order chi connectivity index (χ1) is 6.65. The number of carbonyl (C=O) groups excluding carboxylic acids is 1. The largest absolute Gasteiger partial charge is 0.396 e. The van der Waals surface area contributed by atoms with Crippen molar-refractivity contribution in [1.29, 1.82) is 0 Å². The third-order valence-electron chi connectivity index (χ3n) is 2.76. The molecule has 1 saturated heterocycles. The minimum atomic E-state index is -0.0897. The lowest BCUT2D eigenvalue weighted by molar-refractivity contribution is -0.130. The Balaban J connectivity index is 2.45. The highest BCUT2D eigenvalue weighted by molar-refractivity contribution is 9.10. The van der Waals surface area contributed by atoms with Gasteiger partial charge in [0.25, 0.3) is 0 Å². The number of carbonyl (C=O) groups is 1. The predicted octanol–water partition coefficient (Wildman–Crippen LogP) is 1.39. The van der Waals surface area contributed by atoms with E-state index in [4.69, 9.17) is 5.11 Å². The molecule has 0 saturated carbocycles. The van der Waals surface area contributed by atoms with Crippen molar-refractivity contribution in [3.8, 4) is 0 Å². The van der Waals surface area contributed by atoms with Crippen molar-refractivity contribution in [2.45, 2.75) is 31.0 Å². The molecule has 0 radical (unpaired) electrons. The third-order valence-corrected chi connectivity index (χ3v) is 3.15. The van der Waals surface area contributed by atoms with Crippen LogP contribution in [0.3, 0.4) is 0 Å². The Morgan fingerprint density at radius 2 is 2.29 bits per heavy atom. The number of nitrogens with zero attached hydrogens (tertiary/aromatic N) is 1. The Morgan fingerprint density at radius 1 is 1.57 bits per heavy atom. The zero-order valence-corrected chi connectivity index (χ0v) is 10.2. The van der Waals surface area contributed by atoms with Gasteiger partial charge in [0.15, 0.2) is 0 Å². The van der Waals surface area contributed by atoms with E-state index in [1.807, 2.05) is 11.8 Å². The molecule has 0 bridgehead atoms. The van der Waals surface area contributed by atoms with E-state index in [9.17, 15) is 4.79 Å². The fourth-order valence-electron chi connectivity index (χ4n) is 1.82. The maximum Gasteiger partial charge on any atom is 0.236 e. The van der Waals surface area contributed by atoms with Gasteiger partial charge in [0.2, 0.25) is 5.91 Å². The Labute approximate surface area is 93.6 Å². The molecule has 0 spiro atoms. The Hall–Kier alpha value is -0.0900. The molecule has 82 valence electrons. The summed E-state index contributed by atoms with van der Waals surface area (Å²) in [7, 11) is 0. The summed E-state index contributed by atoms with van der Waals surface area (Å²) in [5.41, 5.74) is 0. The summed E-state index contributed by atoms with van der Waals surface area (Å²) in [5.74, 6) is 0.557. The van der Waals surface area contributed by atoms with Crippen molar-refractivity contribution >= 4 is 21.8 Å². The van der Waals surface area contributed by atoms with Gasteiger partial charge in [-0.15, -0.1) is 0 Å². The molecule has 0 aromatic heterocycles. The quantitative estimate of drug-likeness (QED) is 0.766. The fraction of sp³-hybridized carbons (Fsp3) is 0.900. The second-order valence-electron chi connectivity index (χ2n) is 3.92. The molecule has 2 unspecified atom stereocenters. The highest BCUT2D eigenvalue weighted by atomic mass is 79.9. The Bertz CT molecular complexity index is 197. The van der Waals surface area contributed by atoms with E-state index in [1.165, 1.54) is 0 Å². The van der Waals surface area contributed by atoms with Crippen LogP contribution in [0, 0.1) is 5.92 Å². The van der Waals surface area contributed by atoms with Crippen molar-refractivity contribution in [2.24, 2.45) is 5.92 Å². The normalized spacial score (nSPS) is 25.6. The van der Waals surface area contributed by atoms with Crippen LogP contribution in [0.25, 0.3) is 0 Å². The molecule has 1 heterocycles. The van der Waals surface area contributed by atoms with Gasteiger partial charge >= 0.3 is 0 Å². The molecule has 0 aromatic rings. The molecule has 2 atom stereocenters. The SMILES string of the molecule is CC(Br)C(=O)N1CCCC(CO)CC1. The summed E-state index contributed by atoms with van der Waals surface area (Å²) in [6.45, 7) is 3.74. The number of hydrogen-bond acceptors (Lipinski definition) is 2. The second-order valence-corrected chi connectivity index (χ2v) is 5.29. The summed E-state index contributed by atoms with van der Waals surface area (Å²) >= 11 is 3.29. The molecule has 1 aliphatic rings. The van der Waals surface area contributed by atoms with Crippen LogP contribution in [0.2, 0.25) is 0 Å². The zero-order chi connectivity index (χ0) is 10.6. The second kappa shape index (κ2) is 5.71. The van der Waals surface area contributed by atoms with Gasteiger partial charge in [-0.05, 0) is 32.1 Å². The van der Waals surface area contributed by atoms with Crippen LogP contribution in [0.15, 0.2) is 0 Å². The molecule has 0 aliphatic carbocycles. The van der Waals surface area contributed by atoms with Crippen LogP contribution in [0.4, 0.5) is 0 Å². The molecule has 4 heteroatoms. The van der Waals surface area contributed by atoms with Crippen LogP contribution in [0.5, 0.6) is 0 Å². The van der Waals surface area contributed by atoms with E-state index in [0.717, 1.165) is 32.4 Å². The van der Waals surface area contributed by atoms with Gasteiger partial charge in [0.05, 0.1) is 4.83 Å². The van der Waals surface area contributed by atoms with E-state index >= 15 is 0 Å². The monoisotopic (exact) mass is 263 g/mol. The van der Waals surface area contributed by atoms with Gasteiger partial charge in [-0.3, -0.25) is 4.79 Å². The van der Waals surface area contributed by atoms with E-state index in [-0.39, 0.29) is 17.3 Å². The van der Waals surface area contributed by atoms with Gasteiger partial charge in [-0.25, -0.2) is 0 Å². The molecule has 1 aliphatic heterocycles. The number of alkyl halides is 1. The molecule has 1 N–H and O–H groups in total. The van der Waals surface area contributed by atoms with Crippen molar-refractivity contribution in [3.63, 3.8) is 0 Å². The Morgan fingerprint density at radius 3 is 2.86 bits per heavy atom. The minimum absolute atomic E-state index is 0.0897. The standard InChI is InChI=1S/C10H18BrNO2/c1-8(11)10(14)12-5-2-3-9(7-13)4-6-12/h8-9,13H,2-7H2,1H3. The maximum atomic E-state index is 11.7. The van der Waals surface area contributed by atoms with E-state index in [1.54, 1.807) is 0 Å². The van der Waals surface area contributed by atoms with Crippen LogP contribution in [0.1, 0.15) is 26.2 Å². The fourth-order valence-corrected chi connectivity index (χ4v) is 2.11. The summed E-state index contributed by atoms with van der Waals surface area (Å²) in [4.78, 5) is 13.5. The lowest BCUT2D eigenvalue weighted by atomic mass is 10.0. The van der Waals surface area contributed by atoms with Crippen molar-refractivity contribution in [1.82, 2.24) is 4.90 Å². The van der Waals surface area contributed by atoms with Crippen molar-refractivity contribution in [2.75, 3.05) is 19.7 Å². The maximum absolute atomic E-state index is 11.7.